The van der Waals surface area contributed by atoms with E-state index >= 15 is 0 Å². The van der Waals surface area contributed by atoms with Crippen molar-refractivity contribution in [3.8, 4) is 22.5 Å². The molecule has 8 aromatic carbocycles. The van der Waals surface area contributed by atoms with Crippen molar-refractivity contribution in [2.75, 3.05) is 4.90 Å². The predicted octanol–water partition coefficient (Wildman–Crippen LogP) is 15.4. The van der Waals surface area contributed by atoms with E-state index in [2.05, 4.69) is 245 Å². The fourth-order valence-corrected chi connectivity index (χ4v) is 10.1. The summed E-state index contributed by atoms with van der Waals surface area (Å²) in [7, 11) is 0. The van der Waals surface area contributed by atoms with Crippen LogP contribution in [0.3, 0.4) is 0 Å². The number of hydrogen-bond donors (Lipinski definition) is 0. The first-order chi connectivity index (χ1) is 31.2. The van der Waals surface area contributed by atoms with Gasteiger partial charge in [-0.25, -0.2) is 0 Å². The Hall–Kier alpha value is -7.88. The summed E-state index contributed by atoms with van der Waals surface area (Å²) in [5.41, 5.74) is 18.8. The number of benzene rings is 8. The third-order valence-electron chi connectivity index (χ3n) is 13.2. The SMILES string of the molecule is C1=CC(N(c2ccc(C3=Cc4c(n(-c5ccccc5)c5cc6c7ccccc7n(-c7ccccc7)c6cc45)CC3)cc2)c2ccc(-c3ccccc3)cc2)CC=C1c1ccccc1. The highest BCUT2D eigenvalue weighted by molar-refractivity contribution is 6.15. The molecule has 1 atom stereocenters. The Labute approximate surface area is 368 Å². The largest absolute Gasteiger partial charge is 0.334 e. The van der Waals surface area contributed by atoms with Crippen molar-refractivity contribution in [1.82, 2.24) is 9.13 Å². The van der Waals surface area contributed by atoms with E-state index in [1.54, 1.807) is 0 Å². The van der Waals surface area contributed by atoms with Gasteiger partial charge in [0.1, 0.15) is 0 Å². The zero-order valence-corrected chi connectivity index (χ0v) is 35.0. The highest BCUT2D eigenvalue weighted by Gasteiger charge is 2.25. The van der Waals surface area contributed by atoms with Crippen LogP contribution in [-0.2, 0) is 6.42 Å². The second-order valence-electron chi connectivity index (χ2n) is 16.8. The number of nitrogens with zero attached hydrogens (tertiary/aromatic N) is 3. The quantitative estimate of drug-likeness (QED) is 0.149. The zero-order chi connectivity index (χ0) is 41.7. The third kappa shape index (κ3) is 6.52. The Morgan fingerprint density at radius 3 is 1.62 bits per heavy atom. The molecular weight excluding hydrogens is 763 g/mol. The predicted molar refractivity (Wildman–Crippen MR) is 266 cm³/mol. The molecule has 0 aliphatic heterocycles. The van der Waals surface area contributed by atoms with E-state index in [4.69, 9.17) is 0 Å². The van der Waals surface area contributed by atoms with Crippen LogP contribution in [0.2, 0.25) is 0 Å². The summed E-state index contributed by atoms with van der Waals surface area (Å²) in [6.45, 7) is 0. The van der Waals surface area contributed by atoms with Crippen molar-refractivity contribution in [3.63, 3.8) is 0 Å². The van der Waals surface area contributed by atoms with Gasteiger partial charge in [-0.15, -0.1) is 0 Å². The molecule has 0 fully saturated rings. The summed E-state index contributed by atoms with van der Waals surface area (Å²) < 4.78 is 4.95. The molecule has 2 aliphatic rings. The lowest BCUT2D eigenvalue weighted by Crippen LogP contribution is -2.30. The second kappa shape index (κ2) is 15.5. The summed E-state index contributed by atoms with van der Waals surface area (Å²) in [5, 5.41) is 3.82. The molecule has 10 aromatic rings. The number of rotatable bonds is 8. The van der Waals surface area contributed by atoms with Gasteiger partial charge in [0.05, 0.1) is 22.6 Å². The van der Waals surface area contributed by atoms with Gasteiger partial charge in [0.25, 0.3) is 0 Å². The normalized spacial score (nSPS) is 14.8. The minimum Gasteiger partial charge on any atom is -0.334 e. The molecule has 63 heavy (non-hydrogen) atoms. The first-order valence-electron chi connectivity index (χ1n) is 22.2. The van der Waals surface area contributed by atoms with E-state index in [9.17, 15) is 0 Å². The average Bonchev–Trinajstić information content (AvgIpc) is 3.86. The number of aromatic nitrogens is 2. The first kappa shape index (κ1) is 36.9. The molecule has 0 spiro atoms. The molecule has 0 N–H and O–H groups in total. The lowest BCUT2D eigenvalue weighted by atomic mass is 9.90. The fourth-order valence-electron chi connectivity index (χ4n) is 10.1. The van der Waals surface area contributed by atoms with Crippen LogP contribution in [0.15, 0.2) is 224 Å². The van der Waals surface area contributed by atoms with Gasteiger partial charge in [-0.3, -0.25) is 0 Å². The Morgan fingerprint density at radius 1 is 0.429 bits per heavy atom. The van der Waals surface area contributed by atoms with Gasteiger partial charge in [-0.1, -0.05) is 158 Å². The van der Waals surface area contributed by atoms with Crippen molar-refractivity contribution < 1.29 is 0 Å². The molecule has 2 heterocycles. The third-order valence-corrected chi connectivity index (χ3v) is 13.2. The van der Waals surface area contributed by atoms with Gasteiger partial charge in [0, 0.05) is 50.2 Å². The Kier molecular flexibility index (Phi) is 9.11. The van der Waals surface area contributed by atoms with Crippen LogP contribution in [0.4, 0.5) is 11.4 Å². The van der Waals surface area contributed by atoms with E-state index in [0.29, 0.717) is 0 Å². The van der Waals surface area contributed by atoms with Crippen LogP contribution in [0.5, 0.6) is 0 Å². The molecule has 0 saturated heterocycles. The molecule has 1 unspecified atom stereocenters. The molecule has 0 radical (unpaired) electrons. The lowest BCUT2D eigenvalue weighted by molar-refractivity contribution is 0.787. The van der Waals surface area contributed by atoms with Crippen LogP contribution in [0, 0.1) is 0 Å². The minimum absolute atomic E-state index is 0.176. The molecule has 300 valence electrons. The van der Waals surface area contributed by atoms with Gasteiger partial charge in [0.15, 0.2) is 0 Å². The van der Waals surface area contributed by atoms with E-state index in [-0.39, 0.29) is 6.04 Å². The molecule has 12 rings (SSSR count). The van der Waals surface area contributed by atoms with Gasteiger partial charge >= 0.3 is 0 Å². The molecule has 0 saturated carbocycles. The lowest BCUT2D eigenvalue weighted by Gasteiger charge is -2.33. The molecule has 3 heteroatoms. The number of para-hydroxylation sites is 3. The van der Waals surface area contributed by atoms with Gasteiger partial charge in [-0.05, 0) is 125 Å². The molecule has 2 aromatic heterocycles. The maximum Gasteiger partial charge on any atom is 0.0560 e. The molecule has 2 aliphatic carbocycles. The van der Waals surface area contributed by atoms with Crippen LogP contribution in [0.1, 0.15) is 35.2 Å². The smallest absolute Gasteiger partial charge is 0.0560 e. The maximum atomic E-state index is 2.52. The average molecular weight is 808 g/mol. The number of allylic oxidation sites excluding steroid dienone is 3. The van der Waals surface area contributed by atoms with Gasteiger partial charge < -0.3 is 14.0 Å². The number of anilines is 2. The maximum absolute atomic E-state index is 2.52. The van der Waals surface area contributed by atoms with Crippen LogP contribution >= 0.6 is 0 Å². The molecule has 0 bridgehead atoms. The highest BCUT2D eigenvalue weighted by atomic mass is 15.2. The van der Waals surface area contributed by atoms with E-state index in [1.807, 2.05) is 0 Å². The minimum atomic E-state index is 0.176. The highest BCUT2D eigenvalue weighted by Crippen LogP contribution is 2.43. The fraction of sp³-hybridized carbons (Fsp3) is 0.0667. The summed E-state index contributed by atoms with van der Waals surface area (Å²) in [5.74, 6) is 0. The number of hydrogen-bond acceptors (Lipinski definition) is 1. The van der Waals surface area contributed by atoms with E-state index < -0.39 is 0 Å². The first-order valence-corrected chi connectivity index (χ1v) is 22.2. The topological polar surface area (TPSA) is 13.1 Å². The molecular formula is C60H45N3. The second-order valence-corrected chi connectivity index (χ2v) is 16.8. The zero-order valence-electron chi connectivity index (χ0n) is 35.0. The molecule has 3 nitrogen and oxygen atoms in total. The van der Waals surface area contributed by atoms with E-state index in [1.165, 1.54) is 100 Å². The Morgan fingerprint density at radius 2 is 0.968 bits per heavy atom. The van der Waals surface area contributed by atoms with Crippen LogP contribution < -0.4 is 4.90 Å². The summed E-state index contributed by atoms with van der Waals surface area (Å²) >= 11 is 0. The van der Waals surface area contributed by atoms with Gasteiger partial charge in [0.2, 0.25) is 0 Å². The van der Waals surface area contributed by atoms with Crippen molar-refractivity contribution in [2.24, 2.45) is 0 Å². The van der Waals surface area contributed by atoms with Crippen molar-refractivity contribution in [1.29, 1.82) is 0 Å². The summed E-state index contributed by atoms with van der Waals surface area (Å²) in [6.07, 6.45) is 12.4. The summed E-state index contributed by atoms with van der Waals surface area (Å²) in [4.78, 5) is 2.51. The Bertz CT molecular complexity index is 3370. The molecule has 0 amide bonds. The van der Waals surface area contributed by atoms with Crippen LogP contribution in [0.25, 0.3) is 72.4 Å². The standard InChI is InChI=1S/C60H45N3/c1-5-15-42(16-6-1)44-25-32-50(33-26-44)61(51-34-27-45(28-35-51)43-17-7-2-8-18-43)52-36-29-46(30-37-52)47-31-38-58-54(39-47)56-41-59-55(40-60(56)63(58)49-21-11-4-12-22-49)53-23-13-14-24-57(53)62(59)48-19-9-3-10-20-48/h1-30,32-34,36-37,39-41,51H,31,35,38H2. The monoisotopic (exact) mass is 807 g/mol. The van der Waals surface area contributed by atoms with Crippen molar-refractivity contribution in [2.45, 2.75) is 25.3 Å². The van der Waals surface area contributed by atoms with Crippen molar-refractivity contribution in [3.05, 3.63) is 247 Å². The number of fused-ring (bicyclic) bond motifs is 6. The van der Waals surface area contributed by atoms with Gasteiger partial charge in [-0.2, -0.15) is 0 Å². The van der Waals surface area contributed by atoms with E-state index in [0.717, 1.165) is 19.3 Å². The van der Waals surface area contributed by atoms with Crippen LogP contribution in [-0.4, -0.2) is 15.2 Å². The Balaban J connectivity index is 0.954. The summed E-state index contributed by atoms with van der Waals surface area (Å²) in [6, 6.07) is 75.4. The van der Waals surface area contributed by atoms with Crippen molar-refractivity contribution >= 4 is 61.3 Å².